The monoisotopic (exact) mass is 215 g/mol. The van der Waals surface area contributed by atoms with Gasteiger partial charge in [-0.25, -0.2) is 4.98 Å². The van der Waals surface area contributed by atoms with E-state index in [2.05, 4.69) is 19.9 Å². The fourth-order valence-corrected chi connectivity index (χ4v) is 1.33. The number of hydrogen-bond donors (Lipinski definition) is 1. The second-order valence-electron chi connectivity index (χ2n) is 2.36. The highest BCUT2D eigenvalue weighted by atomic mass is 32.2. The van der Waals surface area contributed by atoms with Gasteiger partial charge < -0.3 is 4.74 Å². The first-order chi connectivity index (χ1) is 6.72. The Morgan fingerprint density at radius 2 is 2.43 bits per heavy atom. The van der Waals surface area contributed by atoms with Crippen molar-refractivity contribution >= 4 is 23.5 Å². The highest BCUT2D eigenvalue weighted by molar-refractivity contribution is 7.99. The van der Waals surface area contributed by atoms with Crippen molar-refractivity contribution in [1.29, 1.82) is 0 Å². The van der Waals surface area contributed by atoms with Gasteiger partial charge in [0.05, 0.1) is 12.9 Å². The molecule has 1 rings (SSSR count). The quantitative estimate of drug-likeness (QED) is 0.423. The molecule has 1 aromatic rings. The smallest absolute Gasteiger partial charge is 0.313 e. The number of thioether (sulfide) groups is 1. The van der Waals surface area contributed by atoms with Gasteiger partial charge in [0.1, 0.15) is 12.7 Å². The average molecular weight is 215 g/mol. The van der Waals surface area contributed by atoms with Gasteiger partial charge in [-0.05, 0) is 0 Å². The number of aromatic amines is 1. The topological polar surface area (TPSA) is 84.9 Å². The van der Waals surface area contributed by atoms with Gasteiger partial charge in [-0.2, -0.15) is 0 Å². The fraction of sp³-hybridized carbons (Fsp3) is 0.429. The predicted molar refractivity (Wildman–Crippen MR) is 48.7 cm³/mol. The molecule has 0 aliphatic rings. The van der Waals surface area contributed by atoms with Crippen LogP contribution in [-0.2, 0) is 14.3 Å². The highest BCUT2D eigenvalue weighted by Crippen LogP contribution is 2.10. The molecule has 1 N–H and O–H groups in total. The zero-order chi connectivity index (χ0) is 10.4. The van der Waals surface area contributed by atoms with Crippen molar-refractivity contribution in [3.8, 4) is 0 Å². The molecular weight excluding hydrogens is 206 g/mol. The molecule has 0 aromatic carbocycles. The van der Waals surface area contributed by atoms with Crippen molar-refractivity contribution in [2.24, 2.45) is 0 Å². The van der Waals surface area contributed by atoms with E-state index in [1.54, 1.807) is 0 Å². The Morgan fingerprint density at radius 3 is 3.00 bits per heavy atom. The molecule has 0 radical (unpaired) electrons. The number of hydrogen-bond acceptors (Lipinski definition) is 6. The molecule has 0 saturated heterocycles. The van der Waals surface area contributed by atoms with Crippen LogP contribution < -0.4 is 0 Å². The number of ether oxygens (including phenoxy) is 1. The lowest BCUT2D eigenvalue weighted by molar-refractivity contribution is -0.142. The first-order valence-electron chi connectivity index (χ1n) is 3.79. The third-order valence-electron chi connectivity index (χ3n) is 1.32. The number of carbonyl (C=O) groups is 2. The van der Waals surface area contributed by atoms with Gasteiger partial charge in [-0.3, -0.25) is 14.7 Å². The van der Waals surface area contributed by atoms with Gasteiger partial charge in [0.15, 0.2) is 5.78 Å². The second kappa shape index (κ2) is 5.38. The van der Waals surface area contributed by atoms with E-state index in [0.717, 1.165) is 0 Å². The molecule has 1 aromatic heterocycles. The van der Waals surface area contributed by atoms with Crippen molar-refractivity contribution < 1.29 is 14.3 Å². The second-order valence-corrected chi connectivity index (χ2v) is 3.30. The first-order valence-corrected chi connectivity index (χ1v) is 4.78. The van der Waals surface area contributed by atoms with E-state index >= 15 is 0 Å². The molecule has 0 atom stereocenters. The highest BCUT2D eigenvalue weighted by Gasteiger charge is 2.10. The maximum Gasteiger partial charge on any atom is 0.313 e. The molecule has 0 spiro atoms. The van der Waals surface area contributed by atoms with Crippen LogP contribution in [-0.4, -0.2) is 39.8 Å². The molecule has 14 heavy (non-hydrogen) atoms. The SMILES string of the molecule is COC(=O)CC(=O)CSc1nc[nH]n1. The van der Waals surface area contributed by atoms with Gasteiger partial charge in [0.2, 0.25) is 5.16 Å². The Balaban J connectivity index is 2.25. The summed E-state index contributed by atoms with van der Waals surface area (Å²) in [6.07, 6.45) is 1.22. The van der Waals surface area contributed by atoms with Crippen LogP contribution in [0, 0.1) is 0 Å². The van der Waals surface area contributed by atoms with Crippen LogP contribution in [0.4, 0.5) is 0 Å². The number of nitrogens with one attached hydrogen (secondary N) is 1. The van der Waals surface area contributed by atoms with Crippen molar-refractivity contribution in [1.82, 2.24) is 15.2 Å². The Bertz CT molecular complexity index is 312. The number of carbonyl (C=O) groups excluding carboxylic acids is 2. The van der Waals surface area contributed by atoms with Crippen molar-refractivity contribution in [3.05, 3.63) is 6.33 Å². The zero-order valence-electron chi connectivity index (χ0n) is 7.52. The van der Waals surface area contributed by atoms with Crippen LogP contribution in [0.15, 0.2) is 11.5 Å². The molecule has 0 fully saturated rings. The van der Waals surface area contributed by atoms with Crippen molar-refractivity contribution in [3.63, 3.8) is 0 Å². The summed E-state index contributed by atoms with van der Waals surface area (Å²) in [6.45, 7) is 0. The summed E-state index contributed by atoms with van der Waals surface area (Å²) in [4.78, 5) is 25.6. The molecule has 76 valence electrons. The summed E-state index contributed by atoms with van der Waals surface area (Å²) in [5, 5.41) is 6.76. The summed E-state index contributed by atoms with van der Waals surface area (Å²) in [5.41, 5.74) is 0. The van der Waals surface area contributed by atoms with Crippen LogP contribution in [0.25, 0.3) is 0 Å². The number of aromatic nitrogens is 3. The van der Waals surface area contributed by atoms with Gasteiger partial charge in [0.25, 0.3) is 0 Å². The van der Waals surface area contributed by atoms with Crippen LogP contribution in [0.5, 0.6) is 0 Å². The van der Waals surface area contributed by atoms with Crippen LogP contribution in [0.2, 0.25) is 0 Å². The minimum atomic E-state index is -0.523. The van der Waals surface area contributed by atoms with E-state index in [1.165, 1.54) is 25.2 Å². The van der Waals surface area contributed by atoms with E-state index in [1.807, 2.05) is 0 Å². The lowest BCUT2D eigenvalue weighted by atomic mass is 10.3. The molecule has 0 unspecified atom stereocenters. The molecule has 0 saturated carbocycles. The summed E-state index contributed by atoms with van der Waals surface area (Å²) >= 11 is 1.18. The molecule has 0 amide bonds. The average Bonchev–Trinajstić information content (AvgIpc) is 2.67. The molecular formula is C7H9N3O3S. The predicted octanol–water partition coefficient (Wildman–Crippen LogP) is 0.0290. The number of H-pyrrole nitrogens is 1. The minimum absolute atomic E-state index is 0.174. The number of methoxy groups -OCH3 is 1. The van der Waals surface area contributed by atoms with Gasteiger partial charge in [0, 0.05) is 0 Å². The van der Waals surface area contributed by atoms with Gasteiger partial charge in [-0.15, -0.1) is 5.10 Å². The number of nitrogens with zero attached hydrogens (tertiary/aromatic N) is 2. The molecule has 0 aliphatic carbocycles. The normalized spacial score (nSPS) is 9.79. The number of ketones is 1. The summed E-state index contributed by atoms with van der Waals surface area (Å²) < 4.78 is 4.35. The van der Waals surface area contributed by atoms with Crippen molar-refractivity contribution in [2.75, 3.05) is 12.9 Å². The Hall–Kier alpha value is -1.37. The lowest BCUT2D eigenvalue weighted by Crippen LogP contribution is -2.11. The van der Waals surface area contributed by atoms with Gasteiger partial charge >= 0.3 is 5.97 Å². The van der Waals surface area contributed by atoms with E-state index in [4.69, 9.17) is 0 Å². The maximum absolute atomic E-state index is 11.1. The number of Topliss-reactive ketones (excluding diaryl/α,β-unsaturated/α-hetero) is 1. The summed E-state index contributed by atoms with van der Waals surface area (Å²) in [5.74, 6) is -0.551. The third kappa shape index (κ3) is 3.56. The van der Waals surface area contributed by atoms with Crippen LogP contribution in [0.3, 0.4) is 0 Å². The largest absolute Gasteiger partial charge is 0.469 e. The summed E-state index contributed by atoms with van der Waals surface area (Å²) in [7, 11) is 1.25. The Labute approximate surface area is 84.4 Å². The van der Waals surface area contributed by atoms with Crippen LogP contribution in [0.1, 0.15) is 6.42 Å². The number of esters is 1. The van der Waals surface area contributed by atoms with E-state index in [9.17, 15) is 9.59 Å². The minimum Gasteiger partial charge on any atom is -0.469 e. The Morgan fingerprint density at radius 1 is 1.64 bits per heavy atom. The van der Waals surface area contributed by atoms with Gasteiger partial charge in [-0.1, -0.05) is 11.8 Å². The first kappa shape index (κ1) is 10.7. The van der Waals surface area contributed by atoms with E-state index in [-0.39, 0.29) is 18.0 Å². The Kier molecular flexibility index (Phi) is 4.11. The van der Waals surface area contributed by atoms with Crippen LogP contribution >= 0.6 is 11.8 Å². The lowest BCUT2D eigenvalue weighted by Gasteiger charge is -1.96. The number of rotatable bonds is 5. The molecule has 7 heteroatoms. The summed E-state index contributed by atoms with van der Waals surface area (Å²) in [6, 6.07) is 0. The molecule has 6 nitrogen and oxygen atoms in total. The van der Waals surface area contributed by atoms with Crippen molar-refractivity contribution in [2.45, 2.75) is 11.6 Å². The van der Waals surface area contributed by atoms with E-state index < -0.39 is 5.97 Å². The molecule has 0 aliphatic heterocycles. The maximum atomic E-state index is 11.1. The third-order valence-corrected chi connectivity index (χ3v) is 2.25. The standard InChI is InChI=1S/C7H9N3O3S/c1-13-6(12)2-5(11)3-14-7-8-4-9-10-7/h4H,2-3H2,1H3,(H,8,9,10). The molecule has 1 heterocycles. The molecule has 0 bridgehead atoms. The zero-order valence-corrected chi connectivity index (χ0v) is 8.34. The fourth-order valence-electron chi connectivity index (χ4n) is 0.696. The van der Waals surface area contributed by atoms with E-state index in [0.29, 0.717) is 5.16 Å².